The summed E-state index contributed by atoms with van der Waals surface area (Å²) >= 11 is 18.3. The van der Waals surface area contributed by atoms with Gasteiger partial charge in [0.05, 0.1) is 34.8 Å². The first kappa shape index (κ1) is 54.8. The van der Waals surface area contributed by atoms with Gasteiger partial charge in [-0.05, 0) is 119 Å². The molecule has 3 unspecified atom stereocenters. The molecule has 9 rings (SSSR count). The van der Waals surface area contributed by atoms with Crippen LogP contribution in [0, 0.1) is 13.8 Å². The van der Waals surface area contributed by atoms with E-state index in [-0.39, 0.29) is 46.7 Å². The highest BCUT2D eigenvalue weighted by molar-refractivity contribution is 7.75. The number of ketones is 1. The number of H-pyrrole nitrogens is 3. The number of rotatable bonds is 14. The molecular formula is C53H51Cl3N5O9P3. The molecule has 3 heterocycles. The van der Waals surface area contributed by atoms with Crippen molar-refractivity contribution in [3.63, 3.8) is 0 Å². The number of hydrogen-bond acceptors (Lipinski definition) is 9. The van der Waals surface area contributed by atoms with Crippen molar-refractivity contribution in [2.45, 2.75) is 34.6 Å². The standard InChI is InChI=1S/C19H20ClN2O3P.C17H16ClN2O3P.C17H15ClNO3P/c1-4-25-26(24,14-8-11(2)7-12(3)9-14)18-15-10-13(20)5-6-16(15)22-17(18)19(21)23;1-2-23-24(22,12-6-4-3-5-7-12)16-13-10-11(18)8-9-14(13)20-15(16)17(19)21;1-11(20)16-17(14-10-12(18)8-9-15(14)19-16)23(21,22-2)13-6-4-3-5-7-13/h5-10,22H,4H2,1-3H3,(H2,21,23);3-10,20H,2H2,1H3,(H2,19,21);3-10,19H,1-2H3. The Morgan fingerprint density at radius 2 is 0.836 bits per heavy atom. The van der Waals surface area contributed by atoms with Gasteiger partial charge in [-0.1, -0.05) is 88.4 Å². The lowest BCUT2D eigenvalue weighted by atomic mass is 10.2. The van der Waals surface area contributed by atoms with Crippen LogP contribution in [0.3, 0.4) is 0 Å². The van der Waals surface area contributed by atoms with E-state index in [1.165, 1.54) is 14.0 Å². The van der Waals surface area contributed by atoms with Gasteiger partial charge in [0.2, 0.25) is 0 Å². The van der Waals surface area contributed by atoms with Crippen molar-refractivity contribution in [1.29, 1.82) is 0 Å². The molecule has 2 amide bonds. The molecule has 0 saturated carbocycles. The minimum Gasteiger partial charge on any atom is -0.364 e. The molecule has 0 spiro atoms. The molecule has 0 fully saturated rings. The molecule has 73 heavy (non-hydrogen) atoms. The summed E-state index contributed by atoms with van der Waals surface area (Å²) in [6, 6.07) is 38.6. The lowest BCUT2D eigenvalue weighted by Gasteiger charge is -2.20. The van der Waals surface area contributed by atoms with Crippen molar-refractivity contribution in [2.24, 2.45) is 11.5 Å². The van der Waals surface area contributed by atoms with E-state index in [2.05, 4.69) is 15.0 Å². The van der Waals surface area contributed by atoms with Crippen LogP contribution < -0.4 is 43.3 Å². The molecule has 3 atom stereocenters. The summed E-state index contributed by atoms with van der Waals surface area (Å²) in [4.78, 5) is 45.0. The summed E-state index contributed by atoms with van der Waals surface area (Å²) < 4.78 is 58.6. The van der Waals surface area contributed by atoms with Crippen molar-refractivity contribution in [2.75, 3.05) is 20.3 Å². The molecule has 9 aromatic rings. The largest absolute Gasteiger partial charge is 0.364 e. The molecule has 6 aromatic carbocycles. The number of benzene rings is 6. The van der Waals surface area contributed by atoms with Gasteiger partial charge in [0.1, 0.15) is 11.4 Å². The molecule has 0 radical (unpaired) electrons. The molecule has 0 aliphatic heterocycles. The minimum atomic E-state index is -3.58. The Morgan fingerprint density at radius 3 is 1.18 bits per heavy atom. The Labute approximate surface area is 436 Å². The second kappa shape index (κ2) is 22.6. The SMILES string of the molecule is CCOP(=O)(c1cc(C)cc(C)c1)c1c(C(N)=O)[nH]c2ccc(Cl)cc12.CCOP(=O)(c1ccccc1)c1c(C(N)=O)[nH]c2ccc(Cl)cc12.COP(=O)(c1ccccc1)c1c(C(C)=O)[nH]c2ccc(Cl)cc12. The van der Waals surface area contributed by atoms with Crippen LogP contribution >= 0.6 is 56.9 Å². The first-order valence-corrected chi connectivity index (χ1v) is 28.6. The van der Waals surface area contributed by atoms with Crippen molar-refractivity contribution in [3.05, 3.63) is 177 Å². The molecule has 20 heteroatoms. The van der Waals surface area contributed by atoms with Crippen molar-refractivity contribution in [1.82, 2.24) is 15.0 Å². The number of primary amides is 2. The average molecular weight is 1100 g/mol. The summed E-state index contributed by atoms with van der Waals surface area (Å²) in [5, 5.41) is 5.68. The van der Waals surface area contributed by atoms with Gasteiger partial charge in [0.25, 0.3) is 33.9 Å². The third-order valence-corrected chi connectivity index (χ3v) is 20.1. The monoisotopic (exact) mass is 1100 g/mol. The van der Waals surface area contributed by atoms with E-state index in [4.69, 9.17) is 59.8 Å². The van der Waals surface area contributed by atoms with Gasteiger partial charge in [-0.2, -0.15) is 0 Å². The highest BCUT2D eigenvalue weighted by Gasteiger charge is 2.38. The Balaban J connectivity index is 0.000000161. The Morgan fingerprint density at radius 1 is 0.493 bits per heavy atom. The van der Waals surface area contributed by atoms with Crippen molar-refractivity contribution < 1.29 is 41.6 Å². The van der Waals surface area contributed by atoms with Gasteiger partial charge < -0.3 is 40.0 Å². The van der Waals surface area contributed by atoms with Gasteiger partial charge in [-0.15, -0.1) is 0 Å². The van der Waals surface area contributed by atoms with E-state index in [9.17, 15) is 28.1 Å². The van der Waals surface area contributed by atoms with Crippen molar-refractivity contribution in [3.8, 4) is 0 Å². The summed E-state index contributed by atoms with van der Waals surface area (Å²) in [5.74, 6) is -1.61. The smallest absolute Gasteiger partial charge is 0.266 e. The number of Topliss-reactive ketones (excluding diaryl/α,β-unsaturated/α-hetero) is 1. The van der Waals surface area contributed by atoms with Crippen molar-refractivity contribution >= 4 is 139 Å². The van der Waals surface area contributed by atoms with Crippen LogP contribution in [-0.4, -0.2) is 52.9 Å². The third-order valence-electron chi connectivity index (χ3n) is 11.5. The summed E-state index contributed by atoms with van der Waals surface area (Å²) in [5.41, 5.74) is 15.4. The second-order valence-corrected chi connectivity index (χ2v) is 25.0. The number of carbonyl (C=O) groups is 3. The van der Waals surface area contributed by atoms with Crippen LogP contribution in [0.4, 0.5) is 0 Å². The molecule has 0 aliphatic rings. The van der Waals surface area contributed by atoms with Crippen LogP contribution in [0.5, 0.6) is 0 Å². The first-order valence-electron chi connectivity index (χ1n) is 22.6. The number of aromatic amines is 3. The number of fused-ring (bicyclic) bond motifs is 3. The number of carbonyl (C=O) groups excluding carboxylic acids is 3. The molecule has 0 aliphatic carbocycles. The van der Waals surface area contributed by atoms with E-state index in [1.54, 1.807) is 117 Å². The second-order valence-electron chi connectivity index (χ2n) is 16.6. The van der Waals surface area contributed by atoms with Gasteiger partial charge in [0, 0.05) is 77.7 Å². The number of aryl methyl sites for hydroxylation is 2. The van der Waals surface area contributed by atoms with E-state index >= 15 is 0 Å². The zero-order chi connectivity index (χ0) is 53.0. The molecule has 3 aromatic heterocycles. The van der Waals surface area contributed by atoms with E-state index in [1.807, 2.05) is 44.2 Å². The number of nitrogens with one attached hydrogen (secondary N) is 3. The number of aromatic nitrogens is 3. The van der Waals surface area contributed by atoms with Crippen LogP contribution in [-0.2, 0) is 27.3 Å². The number of hydrogen-bond donors (Lipinski definition) is 5. The summed E-state index contributed by atoms with van der Waals surface area (Å²) in [7, 11) is -9.14. The van der Waals surface area contributed by atoms with Gasteiger partial charge in [-0.3, -0.25) is 28.1 Å². The van der Waals surface area contributed by atoms with Gasteiger partial charge in [-0.25, -0.2) is 0 Å². The fraction of sp³-hybridized carbons (Fsp3) is 0.151. The van der Waals surface area contributed by atoms with E-state index < -0.39 is 33.9 Å². The van der Waals surface area contributed by atoms with E-state index in [0.29, 0.717) is 69.0 Å². The molecule has 378 valence electrons. The highest BCUT2D eigenvalue weighted by Crippen LogP contribution is 2.50. The highest BCUT2D eigenvalue weighted by atomic mass is 35.5. The number of halogens is 3. The lowest BCUT2D eigenvalue weighted by molar-refractivity contribution is 0.0989. The lowest BCUT2D eigenvalue weighted by Crippen LogP contribution is -2.26. The fourth-order valence-corrected chi connectivity index (χ4v) is 16.4. The molecule has 14 nitrogen and oxygen atoms in total. The predicted octanol–water partition coefficient (Wildman–Crippen LogP) is 10.9. The maximum absolute atomic E-state index is 14.1. The zero-order valence-corrected chi connectivity index (χ0v) is 45.4. The maximum Gasteiger partial charge on any atom is 0.266 e. The minimum absolute atomic E-state index is 0.0768. The third kappa shape index (κ3) is 11.1. The van der Waals surface area contributed by atoms with Crippen LogP contribution in [0.1, 0.15) is 63.4 Å². The molecule has 0 bridgehead atoms. The zero-order valence-electron chi connectivity index (χ0n) is 40.4. The topological polar surface area (TPSA) is 230 Å². The number of nitrogens with two attached hydrogens (primary N) is 2. The van der Waals surface area contributed by atoms with Crippen LogP contribution in [0.2, 0.25) is 15.1 Å². The Kier molecular flexibility index (Phi) is 17.0. The Hall–Kier alpha value is -6.01. The quantitative estimate of drug-likeness (QED) is 0.0514. The maximum atomic E-state index is 14.1. The summed E-state index contributed by atoms with van der Waals surface area (Å²) in [6.07, 6.45) is 0. The molecular weight excluding hydrogens is 1050 g/mol. The normalized spacial score (nSPS) is 13.8. The van der Waals surface area contributed by atoms with Gasteiger partial charge >= 0.3 is 0 Å². The number of amides is 2. The predicted molar refractivity (Wildman–Crippen MR) is 297 cm³/mol. The molecule has 7 N–H and O–H groups in total. The summed E-state index contributed by atoms with van der Waals surface area (Å²) in [6.45, 7) is 9.23. The fourth-order valence-electron chi connectivity index (χ4n) is 8.57. The van der Waals surface area contributed by atoms with Crippen LogP contribution in [0.25, 0.3) is 32.7 Å². The van der Waals surface area contributed by atoms with Crippen LogP contribution in [0.15, 0.2) is 133 Å². The average Bonchev–Trinajstić information content (AvgIpc) is 4.07. The first-order chi connectivity index (χ1) is 34.7. The van der Waals surface area contributed by atoms with Gasteiger partial charge in [0.15, 0.2) is 5.78 Å². The van der Waals surface area contributed by atoms with E-state index in [0.717, 1.165) is 11.1 Å². The Bertz CT molecular complexity index is 3690. The molecule has 0 saturated heterocycles.